The van der Waals surface area contributed by atoms with Gasteiger partial charge in [-0.25, -0.2) is 0 Å². The van der Waals surface area contributed by atoms with Crippen LogP contribution in [0.25, 0.3) is 22.5 Å². The number of hydrogen-bond donors (Lipinski definition) is 0. The van der Waals surface area contributed by atoms with E-state index in [9.17, 15) is 9.59 Å². The molecule has 0 atom stereocenters. The van der Waals surface area contributed by atoms with Gasteiger partial charge in [0.25, 0.3) is 11.1 Å². The monoisotopic (exact) mass is 594 g/mol. The molecular formula is C28H20BrClN2O4S. The van der Waals surface area contributed by atoms with E-state index in [0.717, 1.165) is 49.6 Å². The number of amides is 2. The number of nitrogens with zero attached hydrogens (tertiary/aromatic N) is 2. The van der Waals surface area contributed by atoms with Crippen LogP contribution in [0.5, 0.6) is 11.5 Å². The van der Waals surface area contributed by atoms with E-state index in [0.29, 0.717) is 27.0 Å². The minimum absolute atomic E-state index is 0.0569. The third-order valence-electron chi connectivity index (χ3n) is 6.59. The predicted molar refractivity (Wildman–Crippen MR) is 150 cm³/mol. The molecule has 0 spiro atoms. The van der Waals surface area contributed by atoms with Crippen LogP contribution in [0.1, 0.15) is 22.5 Å². The first-order chi connectivity index (χ1) is 17.8. The first-order valence-corrected chi connectivity index (χ1v) is 13.5. The van der Waals surface area contributed by atoms with Crippen LogP contribution in [0, 0.1) is 13.8 Å². The van der Waals surface area contributed by atoms with Gasteiger partial charge in [0.1, 0.15) is 0 Å². The lowest BCUT2D eigenvalue weighted by Crippen LogP contribution is -2.27. The Hall–Kier alpha value is -3.20. The van der Waals surface area contributed by atoms with Crippen molar-refractivity contribution in [2.45, 2.75) is 20.4 Å². The maximum Gasteiger partial charge on any atom is 0.293 e. The zero-order valence-corrected chi connectivity index (χ0v) is 23.0. The lowest BCUT2D eigenvalue weighted by atomic mass is 10.1. The fourth-order valence-electron chi connectivity index (χ4n) is 4.77. The zero-order valence-electron chi connectivity index (χ0n) is 19.9. The molecule has 0 aliphatic carbocycles. The highest BCUT2D eigenvalue weighted by Gasteiger charge is 2.36. The molecule has 0 bridgehead atoms. The highest BCUT2D eigenvalue weighted by atomic mass is 79.9. The van der Waals surface area contributed by atoms with E-state index in [1.807, 2.05) is 38.1 Å². The standard InChI is InChI=1S/C28H20BrClN2O4S/c1-15-9-17(16(2)32(15)23-8-7-21(29)19-5-3-4-6-20(19)23)11-26-27(33)31(28(34)37-26)13-18-10-24-25(12-22(18)30)36-14-35-24/h3-12H,13-14H2,1-2H3/b26-11-. The molecule has 9 heteroatoms. The van der Waals surface area contributed by atoms with Gasteiger partial charge in [-0.3, -0.25) is 14.5 Å². The van der Waals surface area contributed by atoms with Crippen LogP contribution in [0.15, 0.2) is 64.0 Å². The predicted octanol–water partition coefficient (Wildman–Crippen LogP) is 7.63. The highest BCUT2D eigenvalue weighted by Crippen LogP contribution is 2.40. The molecule has 6 rings (SSSR count). The summed E-state index contributed by atoms with van der Waals surface area (Å²) in [5, 5.41) is 2.32. The Labute approximate surface area is 230 Å². The van der Waals surface area contributed by atoms with Crippen molar-refractivity contribution in [3.05, 3.63) is 91.5 Å². The van der Waals surface area contributed by atoms with Crippen molar-refractivity contribution in [1.29, 1.82) is 0 Å². The number of fused-ring (bicyclic) bond motifs is 2. The van der Waals surface area contributed by atoms with Gasteiger partial charge in [-0.05, 0) is 72.5 Å². The lowest BCUT2D eigenvalue weighted by molar-refractivity contribution is -0.123. The molecule has 37 heavy (non-hydrogen) atoms. The molecule has 0 N–H and O–H groups in total. The Morgan fingerprint density at radius 2 is 1.76 bits per heavy atom. The Bertz CT molecular complexity index is 1660. The van der Waals surface area contributed by atoms with Crippen molar-refractivity contribution in [3.63, 3.8) is 0 Å². The second-order valence-electron chi connectivity index (χ2n) is 8.84. The number of imide groups is 1. The quantitative estimate of drug-likeness (QED) is 0.227. The van der Waals surface area contributed by atoms with E-state index < -0.39 is 0 Å². The maximum absolute atomic E-state index is 13.3. The molecule has 3 aromatic carbocycles. The van der Waals surface area contributed by atoms with Crippen LogP contribution in [0.2, 0.25) is 5.02 Å². The van der Waals surface area contributed by atoms with Gasteiger partial charge in [0.2, 0.25) is 6.79 Å². The van der Waals surface area contributed by atoms with Crippen LogP contribution in [0.3, 0.4) is 0 Å². The molecule has 0 saturated carbocycles. The Morgan fingerprint density at radius 3 is 2.54 bits per heavy atom. The normalized spacial score (nSPS) is 16.0. The summed E-state index contributed by atoms with van der Waals surface area (Å²) in [5.74, 6) is 0.758. The van der Waals surface area contributed by atoms with Gasteiger partial charge in [0.05, 0.1) is 17.1 Å². The number of thioether (sulfide) groups is 1. The first kappa shape index (κ1) is 24.2. The Kier molecular flexibility index (Phi) is 6.06. The molecule has 2 amide bonds. The number of carbonyl (C=O) groups is 2. The van der Waals surface area contributed by atoms with Gasteiger partial charge in [-0.1, -0.05) is 51.8 Å². The molecule has 2 aliphatic heterocycles. The molecule has 1 aromatic heterocycles. The summed E-state index contributed by atoms with van der Waals surface area (Å²) >= 11 is 11.0. The van der Waals surface area contributed by atoms with Crippen molar-refractivity contribution >= 4 is 67.3 Å². The molecular weight excluding hydrogens is 576 g/mol. The second kappa shape index (κ2) is 9.28. The fourth-order valence-corrected chi connectivity index (χ4v) is 6.29. The lowest BCUT2D eigenvalue weighted by Gasteiger charge is -2.14. The summed E-state index contributed by atoms with van der Waals surface area (Å²) in [7, 11) is 0. The molecule has 0 unspecified atom stereocenters. The number of carbonyl (C=O) groups excluding carboxylic acids is 2. The molecule has 1 fully saturated rings. The first-order valence-electron chi connectivity index (χ1n) is 11.5. The SMILES string of the molecule is Cc1cc(/C=C2\SC(=O)N(Cc3cc4c(cc3Cl)OCO4)C2=O)c(C)n1-c1ccc(Br)c2ccccc12. The van der Waals surface area contributed by atoms with E-state index in [1.54, 1.807) is 18.2 Å². The van der Waals surface area contributed by atoms with Crippen molar-refractivity contribution in [3.8, 4) is 17.2 Å². The summed E-state index contributed by atoms with van der Waals surface area (Å²) < 4.78 is 14.0. The molecule has 0 radical (unpaired) electrons. The van der Waals surface area contributed by atoms with Gasteiger partial charge >= 0.3 is 0 Å². The molecule has 186 valence electrons. The number of benzene rings is 3. The number of aromatic nitrogens is 1. The Balaban J connectivity index is 1.33. The minimum Gasteiger partial charge on any atom is -0.454 e. The van der Waals surface area contributed by atoms with Crippen LogP contribution in [-0.4, -0.2) is 27.4 Å². The van der Waals surface area contributed by atoms with E-state index in [1.165, 1.54) is 4.90 Å². The van der Waals surface area contributed by atoms with Crippen LogP contribution in [-0.2, 0) is 11.3 Å². The molecule has 6 nitrogen and oxygen atoms in total. The van der Waals surface area contributed by atoms with Crippen LogP contribution >= 0.6 is 39.3 Å². The topological polar surface area (TPSA) is 60.8 Å². The summed E-state index contributed by atoms with van der Waals surface area (Å²) in [6.45, 7) is 4.23. The smallest absolute Gasteiger partial charge is 0.293 e. The number of aryl methyl sites for hydroxylation is 1. The maximum atomic E-state index is 13.3. The van der Waals surface area contributed by atoms with Gasteiger partial charge in [-0.2, -0.15) is 0 Å². The highest BCUT2D eigenvalue weighted by molar-refractivity contribution is 9.10. The number of rotatable bonds is 4. The van der Waals surface area contributed by atoms with Gasteiger partial charge in [0, 0.05) is 32.3 Å². The number of hydrogen-bond acceptors (Lipinski definition) is 5. The van der Waals surface area contributed by atoms with E-state index in [-0.39, 0.29) is 24.5 Å². The van der Waals surface area contributed by atoms with Gasteiger partial charge < -0.3 is 14.0 Å². The van der Waals surface area contributed by atoms with Crippen LogP contribution < -0.4 is 9.47 Å². The minimum atomic E-state index is -0.345. The van der Waals surface area contributed by atoms with Crippen molar-refractivity contribution in [1.82, 2.24) is 9.47 Å². The molecule has 1 saturated heterocycles. The molecule has 4 aromatic rings. The molecule has 2 aliphatic rings. The third kappa shape index (κ3) is 4.13. The fraction of sp³-hybridized carbons (Fsp3) is 0.143. The summed E-state index contributed by atoms with van der Waals surface area (Å²) in [6, 6.07) is 17.8. The van der Waals surface area contributed by atoms with Crippen molar-refractivity contribution in [2.24, 2.45) is 0 Å². The summed E-state index contributed by atoms with van der Waals surface area (Å²) in [4.78, 5) is 27.7. The van der Waals surface area contributed by atoms with E-state index in [4.69, 9.17) is 21.1 Å². The Morgan fingerprint density at radius 1 is 1.03 bits per heavy atom. The third-order valence-corrected chi connectivity index (χ3v) is 8.54. The van der Waals surface area contributed by atoms with Crippen LogP contribution in [0.4, 0.5) is 4.79 Å². The zero-order chi connectivity index (χ0) is 25.8. The van der Waals surface area contributed by atoms with E-state index in [2.05, 4.69) is 38.7 Å². The van der Waals surface area contributed by atoms with E-state index >= 15 is 0 Å². The number of ether oxygens (including phenoxy) is 2. The summed E-state index contributed by atoms with van der Waals surface area (Å²) in [6.07, 6.45) is 1.80. The average molecular weight is 596 g/mol. The van der Waals surface area contributed by atoms with Crippen molar-refractivity contribution in [2.75, 3.05) is 6.79 Å². The summed E-state index contributed by atoms with van der Waals surface area (Å²) in [5.41, 5.74) is 4.57. The van der Waals surface area contributed by atoms with Gasteiger partial charge in [-0.15, -0.1) is 0 Å². The van der Waals surface area contributed by atoms with Gasteiger partial charge in [0.15, 0.2) is 11.5 Å². The number of halogens is 2. The second-order valence-corrected chi connectivity index (χ2v) is 11.1. The largest absolute Gasteiger partial charge is 0.454 e. The molecule has 3 heterocycles. The van der Waals surface area contributed by atoms with Crippen molar-refractivity contribution < 1.29 is 19.1 Å². The average Bonchev–Trinajstić information content (AvgIpc) is 3.52.